The molecule has 0 unspecified atom stereocenters. The van der Waals surface area contributed by atoms with E-state index >= 15 is 0 Å². The minimum Gasteiger partial charge on any atom is -0.450 e. The molecule has 3 rings (SSSR count). The first-order chi connectivity index (χ1) is 15.9. The number of Topliss-reactive ketones (excluding diaryl/α,β-unsaturated/α-hetero) is 1. The van der Waals surface area contributed by atoms with Crippen molar-refractivity contribution >= 4 is 24.0 Å². The topological polar surface area (TPSA) is 46.6 Å². The van der Waals surface area contributed by atoms with E-state index in [-0.39, 0.29) is 30.8 Å². The van der Waals surface area contributed by atoms with Gasteiger partial charge in [0.2, 0.25) is 0 Å². The van der Waals surface area contributed by atoms with E-state index in [1.165, 1.54) is 41.3 Å². The summed E-state index contributed by atoms with van der Waals surface area (Å²) in [6, 6.07) is 8.31. The first-order valence-electron chi connectivity index (χ1n) is 10.1. The molecule has 0 atom stereocenters. The van der Waals surface area contributed by atoms with Crippen molar-refractivity contribution < 1.29 is 40.7 Å². The van der Waals surface area contributed by atoms with Gasteiger partial charge in [0.05, 0.1) is 30.8 Å². The highest BCUT2D eigenvalue weighted by atomic mass is 19.4. The number of carbonyl (C=O) groups excluding carboxylic acids is 2. The molecular weight excluding hydrogens is 464 g/mol. The molecule has 10 heteroatoms. The van der Waals surface area contributed by atoms with Crippen molar-refractivity contribution in [1.29, 1.82) is 0 Å². The van der Waals surface area contributed by atoms with Gasteiger partial charge in [-0.2, -0.15) is 26.3 Å². The number of alkyl halides is 6. The predicted molar refractivity (Wildman–Crippen MR) is 112 cm³/mol. The molecule has 1 aliphatic heterocycles. The standard InChI is InChI=1S/C24H19F6NO3/c1-2-34-22(33)31-13-17(11-15-3-7-19(8-4-15)23(25,26)27)21(32)18(14-31)12-16-5-9-20(10-6-16)24(28,29)30/h3-12H,2,13-14H2,1H3/b17-11-,18-12-. The lowest BCUT2D eigenvalue weighted by atomic mass is 9.94. The number of halogens is 6. The second kappa shape index (κ2) is 9.74. The van der Waals surface area contributed by atoms with Crippen LogP contribution in [0.5, 0.6) is 0 Å². The fraction of sp³-hybridized carbons (Fsp3) is 0.250. The number of rotatable bonds is 3. The van der Waals surface area contributed by atoms with E-state index in [0.717, 1.165) is 24.3 Å². The fourth-order valence-corrected chi connectivity index (χ4v) is 3.32. The van der Waals surface area contributed by atoms with Crippen molar-refractivity contribution in [2.45, 2.75) is 19.3 Å². The van der Waals surface area contributed by atoms with Crippen LogP contribution in [0.25, 0.3) is 12.2 Å². The lowest BCUT2D eigenvalue weighted by molar-refractivity contribution is -0.138. The molecule has 0 saturated carbocycles. The van der Waals surface area contributed by atoms with Gasteiger partial charge in [0, 0.05) is 11.1 Å². The summed E-state index contributed by atoms with van der Waals surface area (Å²) < 4.78 is 81.8. The number of hydrogen-bond acceptors (Lipinski definition) is 3. The van der Waals surface area contributed by atoms with Crippen molar-refractivity contribution in [1.82, 2.24) is 4.90 Å². The second-order valence-corrected chi connectivity index (χ2v) is 7.46. The molecule has 34 heavy (non-hydrogen) atoms. The molecule has 1 heterocycles. The molecule has 4 nitrogen and oxygen atoms in total. The fourth-order valence-electron chi connectivity index (χ4n) is 3.32. The van der Waals surface area contributed by atoms with Gasteiger partial charge < -0.3 is 4.74 Å². The Hall–Kier alpha value is -3.56. The number of amides is 1. The van der Waals surface area contributed by atoms with Crippen LogP contribution in [0.4, 0.5) is 31.1 Å². The van der Waals surface area contributed by atoms with Crippen LogP contribution in [0.15, 0.2) is 59.7 Å². The predicted octanol–water partition coefficient (Wildman–Crippen LogP) is 6.23. The van der Waals surface area contributed by atoms with Gasteiger partial charge in [0.25, 0.3) is 0 Å². The molecule has 2 aromatic rings. The van der Waals surface area contributed by atoms with Crippen LogP contribution in [0.1, 0.15) is 29.2 Å². The van der Waals surface area contributed by atoms with Crippen molar-refractivity contribution in [3.05, 3.63) is 81.9 Å². The van der Waals surface area contributed by atoms with Crippen LogP contribution in [-0.2, 0) is 21.9 Å². The Kier molecular flexibility index (Phi) is 7.18. The lowest BCUT2D eigenvalue weighted by Crippen LogP contribution is -2.41. The minimum atomic E-state index is -4.51. The molecule has 0 aromatic heterocycles. The van der Waals surface area contributed by atoms with Crippen molar-refractivity contribution in [3.63, 3.8) is 0 Å². The van der Waals surface area contributed by atoms with E-state index in [1.54, 1.807) is 6.92 Å². The Labute approximate surface area is 191 Å². The van der Waals surface area contributed by atoms with Gasteiger partial charge in [0.1, 0.15) is 0 Å². The normalized spacial score (nSPS) is 17.4. The highest BCUT2D eigenvalue weighted by Crippen LogP contribution is 2.31. The monoisotopic (exact) mass is 483 g/mol. The van der Waals surface area contributed by atoms with Gasteiger partial charge in [-0.05, 0) is 54.5 Å². The summed E-state index contributed by atoms with van der Waals surface area (Å²) in [7, 11) is 0. The summed E-state index contributed by atoms with van der Waals surface area (Å²) in [5.74, 6) is -0.472. The third-order valence-electron chi connectivity index (χ3n) is 4.99. The number of nitrogens with zero attached hydrogens (tertiary/aromatic N) is 1. The zero-order valence-electron chi connectivity index (χ0n) is 17.8. The maximum Gasteiger partial charge on any atom is 0.416 e. The summed E-state index contributed by atoms with van der Waals surface area (Å²) in [4.78, 5) is 26.6. The van der Waals surface area contributed by atoms with Gasteiger partial charge in [0.15, 0.2) is 5.78 Å². The second-order valence-electron chi connectivity index (χ2n) is 7.46. The molecule has 180 valence electrons. The van der Waals surface area contributed by atoms with E-state index in [0.29, 0.717) is 11.1 Å². The Morgan fingerprint density at radius 1 is 0.824 bits per heavy atom. The molecule has 1 saturated heterocycles. The molecule has 0 spiro atoms. The van der Waals surface area contributed by atoms with Crippen LogP contribution in [-0.4, -0.2) is 36.5 Å². The quantitative estimate of drug-likeness (QED) is 0.384. The number of piperidine rings is 1. The Morgan fingerprint density at radius 3 is 1.53 bits per heavy atom. The molecule has 0 radical (unpaired) electrons. The number of likely N-dealkylation sites (tertiary alicyclic amines) is 1. The van der Waals surface area contributed by atoms with E-state index in [1.807, 2.05) is 0 Å². The molecular formula is C24H19F6NO3. The highest BCUT2D eigenvalue weighted by Gasteiger charge is 2.32. The lowest BCUT2D eigenvalue weighted by Gasteiger charge is -2.29. The Bertz CT molecular complexity index is 1030. The van der Waals surface area contributed by atoms with Gasteiger partial charge in [-0.15, -0.1) is 0 Å². The average Bonchev–Trinajstić information content (AvgIpc) is 2.76. The molecule has 0 bridgehead atoms. The molecule has 1 aliphatic rings. The van der Waals surface area contributed by atoms with Crippen molar-refractivity contribution in [3.8, 4) is 0 Å². The first-order valence-corrected chi connectivity index (χ1v) is 10.1. The zero-order chi connectivity index (χ0) is 25.1. The number of benzene rings is 2. The van der Waals surface area contributed by atoms with E-state index < -0.39 is 35.4 Å². The summed E-state index contributed by atoms with van der Waals surface area (Å²) in [5, 5.41) is 0. The Balaban J connectivity index is 1.95. The minimum absolute atomic E-state index is 0.0825. The van der Waals surface area contributed by atoms with E-state index in [9.17, 15) is 35.9 Å². The third kappa shape index (κ3) is 6.06. The number of ether oxygens (including phenoxy) is 1. The maximum atomic E-state index is 13.0. The number of hydrogen-bond donors (Lipinski definition) is 0. The number of carbonyl (C=O) groups is 2. The summed E-state index contributed by atoms with van der Waals surface area (Å²) in [6.07, 6.45) is -6.98. The van der Waals surface area contributed by atoms with Crippen LogP contribution >= 0.6 is 0 Å². The van der Waals surface area contributed by atoms with Gasteiger partial charge in [-0.1, -0.05) is 24.3 Å². The molecule has 2 aromatic carbocycles. The summed E-state index contributed by atoms with van der Waals surface area (Å²) in [5.41, 5.74) is -0.817. The van der Waals surface area contributed by atoms with Crippen LogP contribution in [0.2, 0.25) is 0 Å². The average molecular weight is 483 g/mol. The van der Waals surface area contributed by atoms with Crippen LogP contribution in [0.3, 0.4) is 0 Å². The van der Waals surface area contributed by atoms with Crippen LogP contribution < -0.4 is 0 Å². The largest absolute Gasteiger partial charge is 0.450 e. The van der Waals surface area contributed by atoms with Crippen LogP contribution in [0, 0.1) is 0 Å². The molecule has 0 aliphatic carbocycles. The molecule has 1 fully saturated rings. The molecule has 0 N–H and O–H groups in total. The van der Waals surface area contributed by atoms with E-state index in [4.69, 9.17) is 4.74 Å². The van der Waals surface area contributed by atoms with Crippen molar-refractivity contribution in [2.24, 2.45) is 0 Å². The third-order valence-corrected chi connectivity index (χ3v) is 4.99. The highest BCUT2D eigenvalue weighted by molar-refractivity contribution is 6.15. The zero-order valence-corrected chi connectivity index (χ0v) is 17.8. The summed E-state index contributed by atoms with van der Waals surface area (Å²) >= 11 is 0. The summed E-state index contributed by atoms with van der Waals surface area (Å²) in [6.45, 7) is 1.41. The SMILES string of the molecule is CCOC(=O)N1C/C(=C/c2ccc(C(F)(F)F)cc2)C(=O)/C(=C\c2ccc(C(F)(F)F)cc2)C1. The Morgan fingerprint density at radius 2 is 1.21 bits per heavy atom. The van der Waals surface area contributed by atoms with Gasteiger partial charge >= 0.3 is 18.4 Å². The van der Waals surface area contributed by atoms with Crippen molar-refractivity contribution in [2.75, 3.05) is 19.7 Å². The van der Waals surface area contributed by atoms with Gasteiger partial charge in [-0.3, -0.25) is 9.69 Å². The van der Waals surface area contributed by atoms with Gasteiger partial charge in [-0.25, -0.2) is 4.79 Å². The molecule has 1 amide bonds. The first kappa shape index (κ1) is 25.1. The maximum absolute atomic E-state index is 13.0. The smallest absolute Gasteiger partial charge is 0.416 e. The van der Waals surface area contributed by atoms with E-state index in [2.05, 4.69) is 0 Å². The number of ketones is 1.